The minimum absolute atomic E-state index is 0.0379. The SMILES string of the molecule is CCCCNc1ccc(S(=O)(=O)N2CCOCC2)cc1NC(=O)c1ccc(Cl)o1. The summed E-state index contributed by atoms with van der Waals surface area (Å²) in [6.07, 6.45) is 1.94. The van der Waals surface area contributed by atoms with E-state index in [1.54, 1.807) is 12.1 Å². The highest BCUT2D eigenvalue weighted by Gasteiger charge is 2.27. The minimum Gasteiger partial charge on any atom is -0.440 e. The van der Waals surface area contributed by atoms with Crippen LogP contribution < -0.4 is 10.6 Å². The summed E-state index contributed by atoms with van der Waals surface area (Å²) in [6.45, 7) is 4.08. The van der Waals surface area contributed by atoms with Crippen molar-refractivity contribution in [1.82, 2.24) is 4.31 Å². The fourth-order valence-corrected chi connectivity index (χ4v) is 4.48. The Morgan fingerprint density at radius 3 is 2.59 bits per heavy atom. The first-order valence-electron chi connectivity index (χ1n) is 9.44. The van der Waals surface area contributed by atoms with Gasteiger partial charge in [0.15, 0.2) is 11.0 Å². The molecule has 0 atom stereocenters. The van der Waals surface area contributed by atoms with Crippen molar-refractivity contribution in [3.8, 4) is 0 Å². The molecule has 158 valence electrons. The van der Waals surface area contributed by atoms with Crippen molar-refractivity contribution in [3.63, 3.8) is 0 Å². The Morgan fingerprint density at radius 2 is 1.93 bits per heavy atom. The van der Waals surface area contributed by atoms with Gasteiger partial charge in [0.05, 0.1) is 29.5 Å². The lowest BCUT2D eigenvalue weighted by Gasteiger charge is -2.26. The Bertz CT molecular complexity index is 955. The van der Waals surface area contributed by atoms with E-state index in [0.717, 1.165) is 12.8 Å². The minimum atomic E-state index is -3.69. The van der Waals surface area contributed by atoms with E-state index in [9.17, 15) is 13.2 Å². The predicted molar refractivity (Wildman–Crippen MR) is 111 cm³/mol. The highest BCUT2D eigenvalue weighted by atomic mass is 35.5. The lowest BCUT2D eigenvalue weighted by molar-refractivity contribution is 0.0730. The molecule has 29 heavy (non-hydrogen) atoms. The number of ether oxygens (including phenoxy) is 1. The summed E-state index contributed by atoms with van der Waals surface area (Å²) in [5.74, 6) is -0.479. The molecular formula is C19H24ClN3O5S. The third-order valence-corrected chi connectivity index (χ3v) is 6.59. The molecule has 1 aromatic carbocycles. The van der Waals surface area contributed by atoms with Crippen LogP contribution in [0.3, 0.4) is 0 Å². The largest absolute Gasteiger partial charge is 0.440 e. The van der Waals surface area contributed by atoms with Crippen molar-refractivity contribution in [3.05, 3.63) is 41.3 Å². The van der Waals surface area contributed by atoms with Crippen molar-refractivity contribution >= 4 is 38.9 Å². The quantitative estimate of drug-likeness (QED) is 0.609. The van der Waals surface area contributed by atoms with E-state index < -0.39 is 15.9 Å². The molecule has 1 amide bonds. The van der Waals surface area contributed by atoms with Gasteiger partial charge in [0, 0.05) is 19.6 Å². The van der Waals surface area contributed by atoms with Crippen LogP contribution in [-0.4, -0.2) is 51.5 Å². The third kappa shape index (κ3) is 5.30. The number of hydrogen-bond donors (Lipinski definition) is 2. The molecule has 2 aromatic rings. The average Bonchev–Trinajstić information content (AvgIpc) is 3.16. The highest BCUT2D eigenvalue weighted by molar-refractivity contribution is 7.89. The highest BCUT2D eigenvalue weighted by Crippen LogP contribution is 2.28. The lowest BCUT2D eigenvalue weighted by Crippen LogP contribution is -2.40. The molecule has 1 fully saturated rings. The maximum absolute atomic E-state index is 13.0. The normalized spacial score (nSPS) is 15.2. The number of sulfonamides is 1. The number of furan rings is 1. The van der Waals surface area contributed by atoms with Gasteiger partial charge in [0.1, 0.15) is 0 Å². The maximum Gasteiger partial charge on any atom is 0.291 e. The van der Waals surface area contributed by atoms with E-state index in [1.807, 2.05) is 0 Å². The van der Waals surface area contributed by atoms with E-state index in [0.29, 0.717) is 44.2 Å². The molecule has 1 aliphatic heterocycles. The summed E-state index contributed by atoms with van der Waals surface area (Å²) in [5.41, 5.74) is 0.985. The molecule has 1 aliphatic rings. The van der Waals surface area contributed by atoms with Crippen molar-refractivity contribution in [2.45, 2.75) is 24.7 Å². The van der Waals surface area contributed by atoms with E-state index in [-0.39, 0.29) is 15.9 Å². The smallest absolute Gasteiger partial charge is 0.291 e. The predicted octanol–water partition coefficient (Wildman–Crippen LogP) is 3.42. The molecule has 1 saturated heterocycles. The van der Waals surface area contributed by atoms with Crippen LogP contribution in [0.2, 0.25) is 5.22 Å². The molecule has 8 nitrogen and oxygen atoms in total. The van der Waals surface area contributed by atoms with Crippen LogP contribution in [0.15, 0.2) is 39.6 Å². The lowest BCUT2D eigenvalue weighted by atomic mass is 10.2. The summed E-state index contributed by atoms with van der Waals surface area (Å²) in [7, 11) is -3.69. The molecule has 0 saturated carbocycles. The second kappa shape index (κ2) is 9.62. The van der Waals surface area contributed by atoms with Gasteiger partial charge in [-0.25, -0.2) is 8.42 Å². The third-order valence-electron chi connectivity index (χ3n) is 4.49. The van der Waals surface area contributed by atoms with Gasteiger partial charge in [-0.1, -0.05) is 13.3 Å². The van der Waals surface area contributed by atoms with E-state index in [4.69, 9.17) is 20.8 Å². The number of unbranched alkanes of at least 4 members (excludes halogenated alkanes) is 1. The van der Waals surface area contributed by atoms with Gasteiger partial charge in [0.2, 0.25) is 10.0 Å². The van der Waals surface area contributed by atoms with Crippen LogP contribution in [0.5, 0.6) is 0 Å². The fourth-order valence-electron chi connectivity index (χ4n) is 2.90. The van der Waals surface area contributed by atoms with Crippen LogP contribution in [0, 0.1) is 0 Å². The summed E-state index contributed by atoms with van der Waals surface area (Å²) < 4.78 is 37.7. The van der Waals surface area contributed by atoms with E-state index in [2.05, 4.69) is 17.6 Å². The summed E-state index contributed by atoms with van der Waals surface area (Å²) in [4.78, 5) is 12.6. The number of amides is 1. The molecule has 0 unspecified atom stereocenters. The molecule has 0 radical (unpaired) electrons. The number of hydrogen-bond acceptors (Lipinski definition) is 6. The zero-order valence-electron chi connectivity index (χ0n) is 16.1. The number of rotatable bonds is 8. The number of halogens is 1. The number of anilines is 2. The molecule has 3 rings (SSSR count). The van der Waals surface area contributed by atoms with Gasteiger partial charge in [-0.15, -0.1) is 0 Å². The summed E-state index contributed by atoms with van der Waals surface area (Å²) in [5, 5.41) is 6.05. The Labute approximate surface area is 175 Å². The van der Waals surface area contributed by atoms with Crippen LogP contribution in [0.25, 0.3) is 0 Å². The average molecular weight is 442 g/mol. The molecule has 0 bridgehead atoms. The molecule has 1 aromatic heterocycles. The first-order valence-corrected chi connectivity index (χ1v) is 11.3. The van der Waals surface area contributed by atoms with Crippen molar-refractivity contribution in [2.24, 2.45) is 0 Å². The first-order chi connectivity index (χ1) is 13.9. The molecule has 0 spiro atoms. The first kappa shape index (κ1) is 21.6. The van der Waals surface area contributed by atoms with Crippen LogP contribution >= 0.6 is 11.6 Å². The second-order valence-electron chi connectivity index (χ2n) is 6.56. The Kier molecular flexibility index (Phi) is 7.18. The Morgan fingerprint density at radius 1 is 1.17 bits per heavy atom. The number of morpholine rings is 1. The molecule has 0 aliphatic carbocycles. The molecule has 10 heteroatoms. The summed E-state index contributed by atoms with van der Waals surface area (Å²) >= 11 is 5.74. The van der Waals surface area contributed by atoms with Gasteiger partial charge in [-0.3, -0.25) is 4.79 Å². The standard InChI is InChI=1S/C19H24ClN3O5S/c1-2-3-8-21-15-5-4-14(29(25,26)23-9-11-27-12-10-23)13-16(15)22-19(24)17-6-7-18(20)28-17/h4-7,13,21H,2-3,8-12H2,1H3,(H,22,24). The second-order valence-corrected chi connectivity index (χ2v) is 8.87. The number of carbonyl (C=O) groups is 1. The van der Waals surface area contributed by atoms with Gasteiger partial charge in [0.25, 0.3) is 5.91 Å². The van der Waals surface area contributed by atoms with E-state index in [1.165, 1.54) is 22.5 Å². The zero-order valence-corrected chi connectivity index (χ0v) is 17.7. The Balaban J connectivity index is 1.89. The summed E-state index contributed by atoms with van der Waals surface area (Å²) in [6, 6.07) is 7.58. The maximum atomic E-state index is 13.0. The van der Waals surface area contributed by atoms with Gasteiger partial charge in [-0.2, -0.15) is 4.31 Å². The fraction of sp³-hybridized carbons (Fsp3) is 0.421. The van der Waals surface area contributed by atoms with Crippen LogP contribution in [-0.2, 0) is 14.8 Å². The number of nitrogens with zero attached hydrogens (tertiary/aromatic N) is 1. The van der Waals surface area contributed by atoms with Crippen LogP contribution in [0.4, 0.5) is 11.4 Å². The number of benzene rings is 1. The van der Waals surface area contributed by atoms with Gasteiger partial charge in [-0.05, 0) is 48.4 Å². The zero-order chi connectivity index (χ0) is 20.9. The molecular weight excluding hydrogens is 418 g/mol. The van der Waals surface area contributed by atoms with Crippen LogP contribution in [0.1, 0.15) is 30.3 Å². The van der Waals surface area contributed by atoms with Crippen molar-refractivity contribution < 1.29 is 22.4 Å². The molecule has 2 N–H and O–H groups in total. The number of carbonyl (C=O) groups excluding carboxylic acids is 1. The van der Waals surface area contributed by atoms with Gasteiger partial charge < -0.3 is 19.8 Å². The van der Waals surface area contributed by atoms with Gasteiger partial charge >= 0.3 is 0 Å². The van der Waals surface area contributed by atoms with Crippen molar-refractivity contribution in [2.75, 3.05) is 43.5 Å². The topological polar surface area (TPSA) is 101 Å². The van der Waals surface area contributed by atoms with Crippen molar-refractivity contribution in [1.29, 1.82) is 0 Å². The molecule has 2 heterocycles. The van der Waals surface area contributed by atoms with E-state index >= 15 is 0 Å². The Hall–Kier alpha value is -2.07. The number of nitrogens with one attached hydrogen (secondary N) is 2. The monoisotopic (exact) mass is 441 g/mol.